The number of hydrogen-bond donors (Lipinski definition) is 1. The Morgan fingerprint density at radius 2 is 1.95 bits per heavy atom. The van der Waals surface area contributed by atoms with Crippen LogP contribution < -0.4 is 5.73 Å². The minimum Gasteiger partial charge on any atom is -0.327 e. The van der Waals surface area contributed by atoms with Crippen LogP contribution in [0.2, 0.25) is 0 Å². The molecule has 106 valence electrons. The van der Waals surface area contributed by atoms with E-state index >= 15 is 0 Å². The second-order valence-electron chi connectivity index (χ2n) is 6.61. The largest absolute Gasteiger partial charge is 0.327 e. The Morgan fingerprint density at radius 3 is 2.53 bits per heavy atom. The summed E-state index contributed by atoms with van der Waals surface area (Å²) in [6.45, 7) is 4.65. The fourth-order valence-electron chi connectivity index (χ4n) is 3.75. The van der Waals surface area contributed by atoms with Gasteiger partial charge in [0.05, 0.1) is 0 Å². The standard InChI is InChI=1S/C17H26BrN/c1-13(2)12-17(8-3-4-9-17)16(19)11-14-6-5-7-15(18)10-14/h5-7,10,13,16H,3-4,8-9,11-12,19H2,1-2H3. The summed E-state index contributed by atoms with van der Waals surface area (Å²) >= 11 is 3.55. The van der Waals surface area contributed by atoms with Crippen molar-refractivity contribution in [3.05, 3.63) is 34.3 Å². The molecule has 0 amide bonds. The highest BCUT2D eigenvalue weighted by Gasteiger charge is 2.39. The number of nitrogens with two attached hydrogens (primary N) is 1. The van der Waals surface area contributed by atoms with Crippen LogP contribution in [0.5, 0.6) is 0 Å². The van der Waals surface area contributed by atoms with Gasteiger partial charge in [-0.15, -0.1) is 0 Å². The lowest BCUT2D eigenvalue weighted by molar-refractivity contribution is 0.181. The maximum Gasteiger partial charge on any atom is 0.0178 e. The molecule has 0 saturated heterocycles. The molecule has 1 atom stereocenters. The maximum absolute atomic E-state index is 6.63. The average Bonchev–Trinajstić information content (AvgIpc) is 2.78. The number of hydrogen-bond acceptors (Lipinski definition) is 1. The first kappa shape index (κ1) is 15.1. The molecule has 1 saturated carbocycles. The number of benzene rings is 1. The van der Waals surface area contributed by atoms with Gasteiger partial charge in [-0.3, -0.25) is 0 Å². The molecule has 0 spiro atoms. The highest BCUT2D eigenvalue weighted by molar-refractivity contribution is 9.10. The van der Waals surface area contributed by atoms with Gasteiger partial charge in [-0.25, -0.2) is 0 Å². The molecule has 1 unspecified atom stereocenters. The van der Waals surface area contributed by atoms with Crippen LogP contribution in [0, 0.1) is 11.3 Å². The summed E-state index contributed by atoms with van der Waals surface area (Å²) < 4.78 is 1.15. The van der Waals surface area contributed by atoms with Crippen LogP contribution in [0.3, 0.4) is 0 Å². The summed E-state index contributed by atoms with van der Waals surface area (Å²) in [4.78, 5) is 0. The molecule has 1 aromatic rings. The third kappa shape index (κ3) is 3.82. The average molecular weight is 324 g/mol. The van der Waals surface area contributed by atoms with Gasteiger partial charge in [-0.1, -0.05) is 54.8 Å². The van der Waals surface area contributed by atoms with Gasteiger partial charge >= 0.3 is 0 Å². The first-order valence-corrected chi connectivity index (χ1v) is 8.31. The molecule has 1 aromatic carbocycles. The van der Waals surface area contributed by atoms with Gasteiger partial charge in [0.25, 0.3) is 0 Å². The molecule has 1 aliphatic rings. The molecule has 2 heteroatoms. The van der Waals surface area contributed by atoms with Crippen LogP contribution in [0.4, 0.5) is 0 Å². The lowest BCUT2D eigenvalue weighted by atomic mass is 9.71. The molecule has 0 bridgehead atoms. The van der Waals surface area contributed by atoms with Crippen molar-refractivity contribution < 1.29 is 0 Å². The number of halogens is 1. The van der Waals surface area contributed by atoms with E-state index in [1.165, 1.54) is 37.7 Å². The quantitative estimate of drug-likeness (QED) is 0.817. The molecule has 0 aromatic heterocycles. The van der Waals surface area contributed by atoms with Crippen molar-refractivity contribution in [2.75, 3.05) is 0 Å². The molecule has 0 radical (unpaired) electrons. The first-order valence-electron chi connectivity index (χ1n) is 7.52. The van der Waals surface area contributed by atoms with E-state index < -0.39 is 0 Å². The van der Waals surface area contributed by atoms with Gasteiger partial charge in [0.1, 0.15) is 0 Å². The minimum atomic E-state index is 0.298. The van der Waals surface area contributed by atoms with Crippen LogP contribution in [0.15, 0.2) is 28.7 Å². The van der Waals surface area contributed by atoms with E-state index in [9.17, 15) is 0 Å². The van der Waals surface area contributed by atoms with Crippen LogP contribution >= 0.6 is 15.9 Å². The highest BCUT2D eigenvalue weighted by atomic mass is 79.9. The summed E-state index contributed by atoms with van der Waals surface area (Å²) in [6.07, 6.45) is 7.65. The molecule has 0 aliphatic heterocycles. The van der Waals surface area contributed by atoms with Gasteiger partial charge in [0, 0.05) is 10.5 Å². The SMILES string of the molecule is CC(C)CC1(C(N)Cc2cccc(Br)c2)CCCC1. The number of rotatable bonds is 5. The van der Waals surface area contributed by atoms with Crippen LogP contribution in [0.25, 0.3) is 0 Å². The molecule has 19 heavy (non-hydrogen) atoms. The molecular formula is C17H26BrN. The van der Waals surface area contributed by atoms with Crippen molar-refractivity contribution >= 4 is 15.9 Å². The Labute approximate surface area is 126 Å². The van der Waals surface area contributed by atoms with Crippen molar-refractivity contribution in [1.82, 2.24) is 0 Å². The van der Waals surface area contributed by atoms with Crippen molar-refractivity contribution in [1.29, 1.82) is 0 Å². The predicted octanol–water partition coefficient (Wildman–Crippen LogP) is 4.93. The van der Waals surface area contributed by atoms with Gasteiger partial charge in [-0.2, -0.15) is 0 Å². The second kappa shape index (κ2) is 6.41. The Bertz CT molecular complexity index is 407. The molecular weight excluding hydrogens is 298 g/mol. The summed E-state index contributed by atoms with van der Waals surface area (Å²) in [5, 5.41) is 0. The zero-order valence-corrected chi connectivity index (χ0v) is 13.7. The topological polar surface area (TPSA) is 26.0 Å². The van der Waals surface area contributed by atoms with Gasteiger partial charge in [-0.05, 0) is 54.7 Å². The van der Waals surface area contributed by atoms with Crippen molar-refractivity contribution in [3.8, 4) is 0 Å². The van der Waals surface area contributed by atoms with Gasteiger partial charge in [0.15, 0.2) is 0 Å². The molecule has 2 rings (SSSR count). The third-order valence-corrected chi connectivity index (χ3v) is 5.04. The van der Waals surface area contributed by atoms with E-state index in [0.29, 0.717) is 11.5 Å². The lowest BCUT2D eigenvalue weighted by Gasteiger charge is -2.37. The third-order valence-electron chi connectivity index (χ3n) is 4.55. The first-order chi connectivity index (χ1) is 9.02. The van der Waals surface area contributed by atoms with Crippen LogP contribution in [-0.4, -0.2) is 6.04 Å². The molecule has 1 fully saturated rings. The predicted molar refractivity (Wildman–Crippen MR) is 86.2 cm³/mol. The van der Waals surface area contributed by atoms with Gasteiger partial charge in [0.2, 0.25) is 0 Å². The molecule has 1 aliphatic carbocycles. The Morgan fingerprint density at radius 1 is 1.26 bits per heavy atom. The lowest BCUT2D eigenvalue weighted by Crippen LogP contribution is -2.42. The fraction of sp³-hybridized carbons (Fsp3) is 0.647. The molecule has 0 heterocycles. The van der Waals surface area contributed by atoms with E-state index in [0.717, 1.165) is 16.8 Å². The normalized spacial score (nSPS) is 19.8. The summed E-state index contributed by atoms with van der Waals surface area (Å²) in [5.74, 6) is 0.742. The van der Waals surface area contributed by atoms with E-state index in [4.69, 9.17) is 5.73 Å². The van der Waals surface area contributed by atoms with Crippen LogP contribution in [-0.2, 0) is 6.42 Å². The highest BCUT2D eigenvalue weighted by Crippen LogP contribution is 2.46. The zero-order chi connectivity index (χ0) is 13.9. The fourth-order valence-corrected chi connectivity index (χ4v) is 4.20. The second-order valence-corrected chi connectivity index (χ2v) is 7.52. The maximum atomic E-state index is 6.63. The van der Waals surface area contributed by atoms with Crippen molar-refractivity contribution in [3.63, 3.8) is 0 Å². The zero-order valence-electron chi connectivity index (χ0n) is 12.2. The van der Waals surface area contributed by atoms with E-state index in [2.05, 4.69) is 54.0 Å². The molecule has 1 nitrogen and oxygen atoms in total. The van der Waals surface area contributed by atoms with Crippen molar-refractivity contribution in [2.24, 2.45) is 17.1 Å². The monoisotopic (exact) mass is 323 g/mol. The summed E-state index contributed by atoms with van der Waals surface area (Å²) in [6, 6.07) is 8.89. The Hall–Kier alpha value is -0.340. The van der Waals surface area contributed by atoms with Gasteiger partial charge < -0.3 is 5.73 Å². The Balaban J connectivity index is 2.09. The van der Waals surface area contributed by atoms with E-state index in [1.54, 1.807) is 0 Å². The van der Waals surface area contributed by atoms with E-state index in [1.807, 2.05) is 0 Å². The summed E-state index contributed by atoms with van der Waals surface area (Å²) in [7, 11) is 0. The summed E-state index contributed by atoms with van der Waals surface area (Å²) in [5.41, 5.74) is 8.37. The van der Waals surface area contributed by atoms with Crippen molar-refractivity contribution in [2.45, 2.75) is 58.4 Å². The van der Waals surface area contributed by atoms with Crippen LogP contribution in [0.1, 0.15) is 51.5 Å². The van der Waals surface area contributed by atoms with E-state index in [-0.39, 0.29) is 0 Å². The Kier molecular flexibility index (Phi) is 5.08. The smallest absolute Gasteiger partial charge is 0.0178 e. The minimum absolute atomic E-state index is 0.298. The molecule has 2 N–H and O–H groups in total.